The molecule has 3 heterocycles. The van der Waals surface area contributed by atoms with Crippen molar-refractivity contribution in [1.82, 2.24) is 4.90 Å². The third-order valence-electron chi connectivity index (χ3n) is 5.97. The highest BCUT2D eigenvalue weighted by Crippen LogP contribution is 2.36. The first-order valence-corrected chi connectivity index (χ1v) is 12.7. The van der Waals surface area contributed by atoms with Crippen LogP contribution in [0.3, 0.4) is 0 Å². The van der Waals surface area contributed by atoms with Gasteiger partial charge in [0.05, 0.1) is 34.9 Å². The summed E-state index contributed by atoms with van der Waals surface area (Å²) in [6.07, 6.45) is 1.15. The van der Waals surface area contributed by atoms with Crippen LogP contribution in [0.1, 0.15) is 18.4 Å². The molecule has 1 spiro atoms. The van der Waals surface area contributed by atoms with Crippen LogP contribution in [0.2, 0.25) is 0 Å². The van der Waals surface area contributed by atoms with E-state index in [1.165, 1.54) is 19.1 Å². The van der Waals surface area contributed by atoms with Gasteiger partial charge in [0, 0.05) is 32.0 Å². The Bertz CT molecular complexity index is 962. The van der Waals surface area contributed by atoms with Gasteiger partial charge in [-0.3, -0.25) is 4.90 Å². The maximum atomic E-state index is 13.6. The Hall–Kier alpha value is -1.07. The van der Waals surface area contributed by atoms with Gasteiger partial charge in [0.15, 0.2) is 25.5 Å². The first-order chi connectivity index (χ1) is 13.1. The van der Waals surface area contributed by atoms with E-state index in [0.717, 1.165) is 6.07 Å². The monoisotopic (exact) mass is 433 g/mol. The number of benzene rings is 1. The Morgan fingerprint density at radius 2 is 1.79 bits per heavy atom. The third kappa shape index (κ3) is 3.60. The highest BCUT2D eigenvalue weighted by Gasteiger charge is 2.50. The average Bonchev–Trinajstić information content (AvgIpc) is 3.22. The van der Waals surface area contributed by atoms with E-state index in [9.17, 15) is 21.2 Å². The van der Waals surface area contributed by atoms with E-state index in [-0.39, 0.29) is 16.2 Å². The molecule has 3 aliphatic heterocycles. The molecule has 28 heavy (non-hydrogen) atoms. The van der Waals surface area contributed by atoms with E-state index in [1.807, 2.05) is 4.90 Å². The molecule has 3 aliphatic rings. The maximum absolute atomic E-state index is 13.6. The van der Waals surface area contributed by atoms with Gasteiger partial charge in [-0.05, 0) is 30.7 Å². The standard InChI is InChI=1S/C18H24FNO6S2/c1-13-10-14(2-3-15(13)19)28(23,24)17-12-27(21,22)11-16(17)20-6-4-18(5-7-20)25-8-9-26-18/h2-3,10,16-17H,4-9,11-12H2,1H3. The van der Waals surface area contributed by atoms with Crippen molar-refractivity contribution in [2.75, 3.05) is 37.8 Å². The minimum absolute atomic E-state index is 0.0329. The molecule has 0 N–H and O–H groups in total. The predicted molar refractivity (Wildman–Crippen MR) is 100.0 cm³/mol. The predicted octanol–water partition coefficient (Wildman–Crippen LogP) is 0.912. The molecule has 0 aromatic heterocycles. The van der Waals surface area contributed by atoms with Crippen molar-refractivity contribution >= 4 is 19.7 Å². The summed E-state index contributed by atoms with van der Waals surface area (Å²) >= 11 is 0. The quantitative estimate of drug-likeness (QED) is 0.655. The normalized spacial score (nSPS) is 30.1. The van der Waals surface area contributed by atoms with Crippen molar-refractivity contribution in [1.29, 1.82) is 0 Å². The number of sulfone groups is 2. The lowest BCUT2D eigenvalue weighted by Crippen LogP contribution is -2.53. The Balaban J connectivity index is 1.60. The van der Waals surface area contributed by atoms with Gasteiger partial charge in [0.25, 0.3) is 0 Å². The summed E-state index contributed by atoms with van der Waals surface area (Å²) in [5, 5.41) is -1.07. The number of nitrogens with zero attached hydrogens (tertiary/aromatic N) is 1. The minimum atomic E-state index is -3.93. The molecule has 0 aliphatic carbocycles. The molecule has 3 fully saturated rings. The molecule has 0 saturated carbocycles. The van der Waals surface area contributed by atoms with Gasteiger partial charge in [0.2, 0.25) is 0 Å². The Labute approximate surface area is 164 Å². The number of hydrogen-bond acceptors (Lipinski definition) is 7. The van der Waals surface area contributed by atoms with Crippen LogP contribution in [0.25, 0.3) is 0 Å². The topological polar surface area (TPSA) is 90.0 Å². The van der Waals surface area contributed by atoms with Gasteiger partial charge in [-0.25, -0.2) is 21.2 Å². The van der Waals surface area contributed by atoms with E-state index in [0.29, 0.717) is 39.1 Å². The van der Waals surface area contributed by atoms with Crippen LogP contribution < -0.4 is 0 Å². The second-order valence-electron chi connectivity index (χ2n) is 7.78. The van der Waals surface area contributed by atoms with Gasteiger partial charge in [-0.2, -0.15) is 0 Å². The highest BCUT2D eigenvalue weighted by atomic mass is 32.2. The number of likely N-dealkylation sites (tertiary alicyclic amines) is 1. The van der Waals surface area contributed by atoms with Gasteiger partial charge in [-0.15, -0.1) is 0 Å². The summed E-state index contributed by atoms with van der Waals surface area (Å²) in [7, 11) is -7.41. The molecule has 2 unspecified atom stereocenters. The van der Waals surface area contributed by atoms with Crippen LogP contribution >= 0.6 is 0 Å². The van der Waals surface area contributed by atoms with E-state index in [4.69, 9.17) is 9.47 Å². The fraction of sp³-hybridized carbons (Fsp3) is 0.667. The molecule has 3 saturated heterocycles. The van der Waals surface area contributed by atoms with Gasteiger partial charge < -0.3 is 9.47 Å². The Morgan fingerprint density at radius 1 is 1.14 bits per heavy atom. The molecule has 0 bridgehead atoms. The summed E-state index contributed by atoms with van der Waals surface area (Å²) in [6.45, 7) is 3.59. The summed E-state index contributed by atoms with van der Waals surface area (Å²) < 4.78 is 76.1. The van der Waals surface area contributed by atoms with Crippen LogP contribution in [-0.2, 0) is 29.1 Å². The van der Waals surface area contributed by atoms with Gasteiger partial charge in [0.1, 0.15) is 5.82 Å². The lowest BCUT2D eigenvalue weighted by Gasteiger charge is -2.41. The largest absolute Gasteiger partial charge is 0.347 e. The lowest BCUT2D eigenvalue weighted by atomic mass is 10.0. The number of hydrogen-bond donors (Lipinski definition) is 0. The van der Waals surface area contributed by atoms with Crippen molar-refractivity contribution in [3.63, 3.8) is 0 Å². The number of halogens is 1. The van der Waals surface area contributed by atoms with Crippen LogP contribution in [0.4, 0.5) is 4.39 Å². The first kappa shape index (κ1) is 20.2. The minimum Gasteiger partial charge on any atom is -0.347 e. The van der Waals surface area contributed by atoms with Crippen LogP contribution in [-0.4, -0.2) is 76.6 Å². The molecule has 1 aromatic rings. The summed E-state index contributed by atoms with van der Waals surface area (Å²) in [6, 6.07) is 2.97. The molecule has 0 amide bonds. The van der Waals surface area contributed by atoms with Crippen molar-refractivity contribution < 1.29 is 30.7 Å². The fourth-order valence-electron chi connectivity index (χ4n) is 4.38. The van der Waals surface area contributed by atoms with Crippen molar-refractivity contribution in [2.45, 2.75) is 41.7 Å². The number of rotatable bonds is 3. The molecular formula is C18H24FNO6S2. The summed E-state index contributed by atoms with van der Waals surface area (Å²) in [5.41, 5.74) is 0.217. The SMILES string of the molecule is Cc1cc(S(=O)(=O)C2CS(=O)(=O)CC2N2CCC3(CC2)OCCO3)ccc1F. The second-order valence-corrected chi connectivity index (χ2v) is 12.1. The van der Waals surface area contributed by atoms with Gasteiger partial charge in [-0.1, -0.05) is 0 Å². The molecule has 2 atom stereocenters. The molecule has 0 radical (unpaired) electrons. The molecule has 1 aromatic carbocycles. The third-order valence-corrected chi connectivity index (χ3v) is 10.1. The molecule has 10 heteroatoms. The molecule has 4 rings (SSSR count). The fourth-order valence-corrected chi connectivity index (χ4v) is 9.30. The summed E-state index contributed by atoms with van der Waals surface area (Å²) in [5.74, 6) is -1.71. The van der Waals surface area contributed by atoms with Crippen LogP contribution in [0, 0.1) is 12.7 Å². The van der Waals surface area contributed by atoms with E-state index in [1.54, 1.807) is 0 Å². The maximum Gasteiger partial charge on any atom is 0.183 e. The molecular weight excluding hydrogens is 409 g/mol. The van der Waals surface area contributed by atoms with Gasteiger partial charge >= 0.3 is 0 Å². The highest BCUT2D eigenvalue weighted by molar-refractivity contribution is 7.96. The van der Waals surface area contributed by atoms with Crippen LogP contribution in [0.15, 0.2) is 23.1 Å². The zero-order valence-corrected chi connectivity index (χ0v) is 17.3. The van der Waals surface area contributed by atoms with Crippen molar-refractivity contribution in [3.8, 4) is 0 Å². The smallest absolute Gasteiger partial charge is 0.183 e. The molecule has 156 valence electrons. The number of ether oxygens (including phenoxy) is 2. The zero-order chi connectivity index (χ0) is 20.2. The summed E-state index contributed by atoms with van der Waals surface area (Å²) in [4.78, 5) is 1.90. The van der Waals surface area contributed by atoms with Crippen molar-refractivity contribution in [2.24, 2.45) is 0 Å². The van der Waals surface area contributed by atoms with Crippen molar-refractivity contribution in [3.05, 3.63) is 29.6 Å². The number of aryl methyl sites for hydroxylation is 1. The van der Waals surface area contributed by atoms with E-state index in [2.05, 4.69) is 0 Å². The average molecular weight is 434 g/mol. The van der Waals surface area contributed by atoms with E-state index >= 15 is 0 Å². The Morgan fingerprint density at radius 3 is 2.39 bits per heavy atom. The first-order valence-electron chi connectivity index (χ1n) is 9.34. The zero-order valence-electron chi connectivity index (χ0n) is 15.6. The Kier molecular flexibility index (Phi) is 5.06. The number of piperidine rings is 1. The van der Waals surface area contributed by atoms with E-state index < -0.39 is 48.3 Å². The molecule has 7 nitrogen and oxygen atoms in total. The lowest BCUT2D eigenvalue weighted by molar-refractivity contribution is -0.187. The van der Waals surface area contributed by atoms with Crippen LogP contribution in [0.5, 0.6) is 0 Å². The second kappa shape index (κ2) is 7.02.